The third-order valence-corrected chi connectivity index (χ3v) is 6.38. The van der Waals surface area contributed by atoms with Crippen molar-refractivity contribution in [2.75, 3.05) is 11.9 Å². The minimum absolute atomic E-state index is 0.111. The summed E-state index contributed by atoms with van der Waals surface area (Å²) < 4.78 is 64.7. The second-order valence-electron chi connectivity index (χ2n) is 8.53. The molecule has 0 bridgehead atoms. The van der Waals surface area contributed by atoms with E-state index in [9.17, 15) is 31.2 Å². The Hall–Kier alpha value is -3.60. The molecule has 37 heavy (non-hydrogen) atoms. The van der Waals surface area contributed by atoms with Gasteiger partial charge in [0.2, 0.25) is 5.91 Å². The third kappa shape index (κ3) is 7.22. The average Bonchev–Trinajstić information content (AvgIpc) is 3.15. The Labute approximate surface area is 214 Å². The maximum absolute atomic E-state index is 13.8. The van der Waals surface area contributed by atoms with Crippen molar-refractivity contribution in [3.63, 3.8) is 0 Å². The molecule has 0 fully saturated rings. The molecule has 7 nitrogen and oxygen atoms in total. The van der Waals surface area contributed by atoms with Gasteiger partial charge >= 0.3 is 6.18 Å². The van der Waals surface area contributed by atoms with Crippen LogP contribution in [0, 0.1) is 6.92 Å². The predicted octanol–water partition coefficient (Wildman–Crippen LogP) is 4.76. The molecule has 1 aromatic heterocycles. The van der Waals surface area contributed by atoms with Gasteiger partial charge in [-0.15, -0.1) is 0 Å². The molecule has 3 rings (SSSR count). The summed E-state index contributed by atoms with van der Waals surface area (Å²) in [7, 11) is -2.59. The minimum Gasteiger partial charge on any atom is -0.355 e. The number of anilines is 1. The zero-order valence-corrected chi connectivity index (χ0v) is 21.3. The van der Waals surface area contributed by atoms with Crippen molar-refractivity contribution < 1.29 is 31.2 Å². The molecule has 3 aromatic rings. The lowest BCUT2D eigenvalue weighted by Gasteiger charge is -2.16. The van der Waals surface area contributed by atoms with Gasteiger partial charge in [-0.25, -0.2) is 8.42 Å². The number of carbonyl (C=O) groups is 2. The van der Waals surface area contributed by atoms with Crippen molar-refractivity contribution >= 4 is 28.2 Å². The molecule has 0 radical (unpaired) electrons. The standard InChI is InChI=1S/C26H28F3N3O4S/c1-3-4-13-30-23(33)15-32-14-21(25(34)31-19-11-9-18(10-12-19)16-37(35)36)17(2)24(32)20-7-5-6-8-22(20)26(27,28)29/h5-12,14,37H,3-4,13,15-16H2,1-2H3,(H,30,33)(H,31,34). The number of carbonyl (C=O) groups excluding carboxylic acids is 2. The van der Waals surface area contributed by atoms with E-state index in [2.05, 4.69) is 10.6 Å². The van der Waals surface area contributed by atoms with Crippen LogP contribution in [0.3, 0.4) is 0 Å². The smallest absolute Gasteiger partial charge is 0.355 e. The van der Waals surface area contributed by atoms with Gasteiger partial charge in [-0.1, -0.05) is 43.7 Å². The summed E-state index contributed by atoms with van der Waals surface area (Å²) in [6.07, 6.45) is -1.63. The van der Waals surface area contributed by atoms with E-state index in [-0.39, 0.29) is 40.6 Å². The average molecular weight is 536 g/mol. The molecule has 0 spiro atoms. The topological polar surface area (TPSA) is 97.3 Å². The van der Waals surface area contributed by atoms with Crippen LogP contribution in [0.4, 0.5) is 18.9 Å². The van der Waals surface area contributed by atoms with Crippen LogP contribution in [0.1, 0.15) is 46.8 Å². The Bertz CT molecular complexity index is 1340. The van der Waals surface area contributed by atoms with Gasteiger partial charge in [0, 0.05) is 24.0 Å². The van der Waals surface area contributed by atoms with E-state index >= 15 is 0 Å². The zero-order chi connectivity index (χ0) is 27.2. The number of thiol groups is 1. The van der Waals surface area contributed by atoms with Gasteiger partial charge in [-0.05, 0) is 42.7 Å². The molecule has 1 heterocycles. The lowest BCUT2D eigenvalue weighted by atomic mass is 10.00. The summed E-state index contributed by atoms with van der Waals surface area (Å²) in [6, 6.07) is 11.2. The van der Waals surface area contributed by atoms with Gasteiger partial charge < -0.3 is 15.2 Å². The van der Waals surface area contributed by atoms with Crippen LogP contribution in [0.15, 0.2) is 54.7 Å². The van der Waals surface area contributed by atoms with Crippen LogP contribution in [0.5, 0.6) is 0 Å². The molecule has 0 saturated carbocycles. The Kier molecular flexibility index (Phi) is 9.14. The SMILES string of the molecule is CCCCNC(=O)Cn1cc(C(=O)Nc2ccc(C[SH](=O)=O)cc2)c(C)c1-c1ccccc1C(F)(F)F. The number of amides is 2. The van der Waals surface area contributed by atoms with E-state index in [1.54, 1.807) is 24.3 Å². The number of halogens is 3. The summed E-state index contributed by atoms with van der Waals surface area (Å²) in [4.78, 5) is 25.7. The van der Waals surface area contributed by atoms with Crippen molar-refractivity contribution in [3.05, 3.63) is 77.0 Å². The van der Waals surface area contributed by atoms with Crippen LogP contribution in [-0.2, 0) is 34.0 Å². The number of benzene rings is 2. The van der Waals surface area contributed by atoms with Crippen LogP contribution >= 0.6 is 0 Å². The molecule has 198 valence electrons. The summed E-state index contributed by atoms with van der Waals surface area (Å²) in [5.41, 5.74) is 0.453. The number of nitrogens with zero attached hydrogens (tertiary/aromatic N) is 1. The highest BCUT2D eigenvalue weighted by molar-refractivity contribution is 7.71. The predicted molar refractivity (Wildman–Crippen MR) is 136 cm³/mol. The van der Waals surface area contributed by atoms with Crippen LogP contribution < -0.4 is 10.6 Å². The molecule has 0 aliphatic rings. The highest BCUT2D eigenvalue weighted by Crippen LogP contribution is 2.39. The molecule has 0 atom stereocenters. The van der Waals surface area contributed by atoms with Crippen molar-refractivity contribution in [2.45, 2.75) is 45.2 Å². The first-order chi connectivity index (χ1) is 17.5. The van der Waals surface area contributed by atoms with E-state index in [0.29, 0.717) is 17.8 Å². The van der Waals surface area contributed by atoms with Gasteiger partial charge in [0.05, 0.1) is 22.6 Å². The van der Waals surface area contributed by atoms with Gasteiger partial charge in [-0.3, -0.25) is 9.59 Å². The molecule has 0 aliphatic carbocycles. The molecule has 11 heteroatoms. The number of aromatic nitrogens is 1. The van der Waals surface area contributed by atoms with Crippen molar-refractivity contribution in [1.29, 1.82) is 0 Å². The molecule has 2 aromatic carbocycles. The number of nitrogens with one attached hydrogen (secondary N) is 2. The molecular weight excluding hydrogens is 507 g/mol. The van der Waals surface area contributed by atoms with Crippen LogP contribution in [-0.4, -0.2) is 31.3 Å². The van der Waals surface area contributed by atoms with E-state index in [1.165, 1.54) is 35.9 Å². The second-order valence-corrected chi connectivity index (χ2v) is 9.51. The van der Waals surface area contributed by atoms with E-state index in [4.69, 9.17) is 0 Å². The zero-order valence-electron chi connectivity index (χ0n) is 20.4. The Balaban J connectivity index is 2.00. The maximum Gasteiger partial charge on any atom is 0.417 e. The molecule has 0 saturated heterocycles. The Morgan fingerprint density at radius 1 is 1.03 bits per heavy atom. The molecule has 0 aliphatic heterocycles. The largest absolute Gasteiger partial charge is 0.417 e. The van der Waals surface area contributed by atoms with E-state index < -0.39 is 28.4 Å². The number of hydrogen-bond donors (Lipinski definition) is 3. The third-order valence-electron chi connectivity index (χ3n) is 5.75. The lowest BCUT2D eigenvalue weighted by Crippen LogP contribution is -2.28. The number of unbranched alkanes of at least 4 members (excludes halogenated alkanes) is 1. The summed E-state index contributed by atoms with van der Waals surface area (Å²) in [5.74, 6) is -1.09. The Morgan fingerprint density at radius 3 is 2.32 bits per heavy atom. The summed E-state index contributed by atoms with van der Waals surface area (Å²) >= 11 is 0. The second kappa shape index (κ2) is 12.1. The maximum atomic E-state index is 13.8. The van der Waals surface area contributed by atoms with Crippen molar-refractivity contribution in [3.8, 4) is 11.3 Å². The molecule has 0 unspecified atom stereocenters. The quantitative estimate of drug-likeness (QED) is 0.258. The van der Waals surface area contributed by atoms with E-state index in [0.717, 1.165) is 18.9 Å². The normalized spacial score (nSPS) is 11.5. The summed E-state index contributed by atoms with van der Waals surface area (Å²) in [5, 5.41) is 5.43. The first kappa shape index (κ1) is 28.0. The number of hydrogen-bond acceptors (Lipinski definition) is 4. The number of alkyl halides is 3. The van der Waals surface area contributed by atoms with Crippen LogP contribution in [0.25, 0.3) is 11.3 Å². The Morgan fingerprint density at radius 2 is 1.70 bits per heavy atom. The lowest BCUT2D eigenvalue weighted by molar-refractivity contribution is -0.137. The first-order valence-electron chi connectivity index (χ1n) is 11.7. The monoisotopic (exact) mass is 535 g/mol. The fourth-order valence-electron chi connectivity index (χ4n) is 3.96. The number of rotatable bonds is 10. The van der Waals surface area contributed by atoms with Crippen molar-refractivity contribution in [2.24, 2.45) is 0 Å². The fraction of sp³-hybridized carbons (Fsp3) is 0.308. The van der Waals surface area contributed by atoms with Gasteiger partial charge in [0.25, 0.3) is 5.91 Å². The highest BCUT2D eigenvalue weighted by Gasteiger charge is 2.35. The van der Waals surface area contributed by atoms with Gasteiger partial charge in [0.1, 0.15) is 17.2 Å². The fourth-order valence-corrected chi connectivity index (χ4v) is 4.47. The molecular formula is C26H28F3N3O4S. The molecule has 2 N–H and O–H groups in total. The van der Waals surface area contributed by atoms with Crippen LogP contribution in [0.2, 0.25) is 0 Å². The van der Waals surface area contributed by atoms with Crippen molar-refractivity contribution in [1.82, 2.24) is 9.88 Å². The van der Waals surface area contributed by atoms with Gasteiger partial charge in [-0.2, -0.15) is 13.2 Å². The first-order valence-corrected chi connectivity index (χ1v) is 13.0. The molecule has 2 amide bonds. The van der Waals surface area contributed by atoms with Gasteiger partial charge in [0.15, 0.2) is 0 Å². The highest BCUT2D eigenvalue weighted by atomic mass is 32.2. The summed E-state index contributed by atoms with van der Waals surface area (Å²) in [6.45, 7) is 3.68. The van der Waals surface area contributed by atoms with E-state index in [1.807, 2.05) is 6.92 Å². The minimum atomic E-state index is -4.64.